The minimum Gasteiger partial charge on any atom is -0.349 e. The van der Waals surface area contributed by atoms with E-state index in [1.54, 1.807) is 0 Å². The molecule has 3 heterocycles. The minimum absolute atomic E-state index is 0.175. The van der Waals surface area contributed by atoms with E-state index in [1.807, 2.05) is 25.3 Å². The van der Waals surface area contributed by atoms with Crippen molar-refractivity contribution in [2.45, 2.75) is 24.4 Å². The summed E-state index contributed by atoms with van der Waals surface area (Å²) >= 11 is 5.71. The lowest BCUT2D eigenvalue weighted by molar-refractivity contribution is 0.282. The molecule has 3 rings (SSSR count). The Morgan fingerprint density at radius 3 is 2.80 bits per heavy atom. The average molecular weight is 312 g/mol. The number of hydrogen-bond donors (Lipinski definition) is 0. The summed E-state index contributed by atoms with van der Waals surface area (Å²) in [5.74, 6) is 0. The van der Waals surface area contributed by atoms with Gasteiger partial charge in [-0.05, 0) is 31.2 Å². The van der Waals surface area contributed by atoms with E-state index in [1.165, 1.54) is 22.6 Å². The first-order valence-electron chi connectivity index (χ1n) is 6.28. The molecule has 1 aliphatic heterocycles. The van der Waals surface area contributed by atoms with Gasteiger partial charge in [-0.3, -0.25) is 0 Å². The van der Waals surface area contributed by atoms with Crippen molar-refractivity contribution in [2.75, 3.05) is 6.54 Å². The van der Waals surface area contributed by atoms with E-state index in [9.17, 15) is 8.42 Å². The normalized spacial score (nSPS) is 19.8. The molecule has 7 heteroatoms. The predicted octanol–water partition coefficient (Wildman–Crippen LogP) is 2.30. The first-order valence-corrected chi connectivity index (χ1v) is 8.10. The van der Waals surface area contributed by atoms with Gasteiger partial charge >= 0.3 is 0 Å². The van der Waals surface area contributed by atoms with Gasteiger partial charge < -0.3 is 4.57 Å². The maximum absolute atomic E-state index is 12.7. The van der Waals surface area contributed by atoms with Gasteiger partial charge in [-0.2, -0.15) is 4.31 Å². The molecule has 0 aromatic carbocycles. The van der Waals surface area contributed by atoms with Crippen LogP contribution < -0.4 is 0 Å². The summed E-state index contributed by atoms with van der Waals surface area (Å²) in [6.07, 6.45) is 3.28. The van der Waals surface area contributed by atoms with Gasteiger partial charge in [-0.25, -0.2) is 13.4 Å². The summed E-state index contributed by atoms with van der Waals surface area (Å²) in [4.78, 5) is 4.03. The zero-order valence-corrected chi connectivity index (χ0v) is 12.5. The molecule has 2 aromatic heterocycles. The molecular formula is C13H14ClN3O2S. The largest absolute Gasteiger partial charge is 0.349 e. The molecule has 0 bridgehead atoms. The fraction of sp³-hybridized carbons (Fsp3) is 0.308. The van der Waals surface area contributed by atoms with Crippen LogP contribution in [0.15, 0.2) is 41.6 Å². The van der Waals surface area contributed by atoms with Crippen molar-refractivity contribution in [3.63, 3.8) is 0 Å². The predicted molar refractivity (Wildman–Crippen MR) is 76.0 cm³/mol. The Hall–Kier alpha value is -1.37. The van der Waals surface area contributed by atoms with Crippen molar-refractivity contribution in [1.29, 1.82) is 0 Å². The highest BCUT2D eigenvalue weighted by Crippen LogP contribution is 2.30. The monoisotopic (exact) mass is 311 g/mol. The maximum atomic E-state index is 12.7. The van der Waals surface area contributed by atoms with Gasteiger partial charge in [-0.15, -0.1) is 0 Å². The third kappa shape index (κ3) is 2.13. The summed E-state index contributed by atoms with van der Waals surface area (Å²) < 4.78 is 28.9. The number of rotatable bonds is 2. The van der Waals surface area contributed by atoms with E-state index in [0.717, 1.165) is 5.69 Å². The van der Waals surface area contributed by atoms with Crippen LogP contribution in [0, 0.1) is 0 Å². The van der Waals surface area contributed by atoms with E-state index in [-0.39, 0.29) is 16.1 Å². The van der Waals surface area contributed by atoms with E-state index in [4.69, 9.17) is 11.6 Å². The Kier molecular flexibility index (Phi) is 3.32. The molecule has 20 heavy (non-hydrogen) atoms. The van der Waals surface area contributed by atoms with Crippen molar-refractivity contribution < 1.29 is 8.42 Å². The average Bonchev–Trinajstić information content (AvgIpc) is 2.88. The lowest BCUT2D eigenvalue weighted by atomic mass is 10.2. The van der Waals surface area contributed by atoms with Crippen LogP contribution in [0.5, 0.6) is 0 Å². The van der Waals surface area contributed by atoms with E-state index in [0.29, 0.717) is 13.1 Å². The summed E-state index contributed by atoms with van der Waals surface area (Å²) in [6.45, 7) is 3.01. The van der Waals surface area contributed by atoms with Gasteiger partial charge in [0.1, 0.15) is 10.0 Å². The van der Waals surface area contributed by atoms with Crippen molar-refractivity contribution in [3.8, 4) is 0 Å². The quantitative estimate of drug-likeness (QED) is 0.800. The second-order valence-corrected chi connectivity index (χ2v) is 7.01. The van der Waals surface area contributed by atoms with Gasteiger partial charge in [0.25, 0.3) is 0 Å². The zero-order valence-electron chi connectivity index (χ0n) is 10.9. The molecule has 1 atom stereocenters. The molecule has 0 amide bonds. The Morgan fingerprint density at radius 2 is 2.10 bits per heavy atom. The highest BCUT2D eigenvalue weighted by molar-refractivity contribution is 7.89. The zero-order chi connectivity index (χ0) is 14.3. The van der Waals surface area contributed by atoms with Crippen LogP contribution in [0.1, 0.15) is 18.7 Å². The number of pyridine rings is 1. The lowest BCUT2D eigenvalue weighted by Gasteiger charge is -2.33. The molecule has 1 aliphatic rings. The van der Waals surface area contributed by atoms with Gasteiger partial charge in [0.2, 0.25) is 10.0 Å². The molecule has 5 nitrogen and oxygen atoms in total. The smallest absolute Gasteiger partial charge is 0.245 e. The third-order valence-corrected chi connectivity index (χ3v) is 5.77. The standard InChI is InChI=1S/C13H14ClN3O2S/c1-10-12-3-2-6-16(12)7-8-17(10)20(18,19)11-4-5-13(14)15-9-11/h2-6,9-10H,7-8H2,1H3. The van der Waals surface area contributed by atoms with Crippen molar-refractivity contribution in [2.24, 2.45) is 0 Å². The third-order valence-electron chi connectivity index (χ3n) is 3.59. The molecule has 0 fully saturated rings. The molecule has 0 N–H and O–H groups in total. The molecule has 0 spiro atoms. The van der Waals surface area contributed by atoms with Gasteiger partial charge in [0.15, 0.2) is 0 Å². The van der Waals surface area contributed by atoms with Crippen LogP contribution in [0.25, 0.3) is 0 Å². The molecule has 0 aliphatic carbocycles. The topological polar surface area (TPSA) is 55.2 Å². The Labute approximate surface area is 122 Å². The molecular weight excluding hydrogens is 298 g/mol. The number of halogens is 1. The van der Waals surface area contributed by atoms with Gasteiger partial charge in [-0.1, -0.05) is 11.6 Å². The maximum Gasteiger partial charge on any atom is 0.245 e. The molecule has 0 radical (unpaired) electrons. The first-order chi connectivity index (χ1) is 9.50. The number of sulfonamides is 1. The lowest BCUT2D eigenvalue weighted by Crippen LogP contribution is -2.40. The fourth-order valence-electron chi connectivity index (χ4n) is 2.54. The van der Waals surface area contributed by atoms with Crippen molar-refractivity contribution in [1.82, 2.24) is 13.9 Å². The van der Waals surface area contributed by atoms with Crippen molar-refractivity contribution in [3.05, 3.63) is 47.5 Å². The fourth-order valence-corrected chi connectivity index (χ4v) is 4.19. The summed E-state index contributed by atoms with van der Waals surface area (Å²) in [7, 11) is -3.55. The van der Waals surface area contributed by atoms with Crippen LogP contribution in [-0.2, 0) is 16.6 Å². The van der Waals surface area contributed by atoms with Gasteiger partial charge in [0, 0.05) is 31.2 Å². The molecule has 0 saturated heterocycles. The van der Waals surface area contributed by atoms with Gasteiger partial charge in [0.05, 0.1) is 6.04 Å². The number of nitrogens with zero attached hydrogens (tertiary/aromatic N) is 3. The summed E-state index contributed by atoms with van der Waals surface area (Å²) in [5, 5.41) is 0.282. The molecule has 106 valence electrons. The van der Waals surface area contributed by atoms with E-state index >= 15 is 0 Å². The van der Waals surface area contributed by atoms with Crippen LogP contribution in [0.4, 0.5) is 0 Å². The SMILES string of the molecule is CC1c2cccn2CCN1S(=O)(=O)c1ccc(Cl)nc1. The Morgan fingerprint density at radius 1 is 1.30 bits per heavy atom. The number of aromatic nitrogens is 2. The van der Waals surface area contributed by atoms with E-state index in [2.05, 4.69) is 9.55 Å². The highest BCUT2D eigenvalue weighted by atomic mass is 35.5. The number of hydrogen-bond acceptors (Lipinski definition) is 3. The molecule has 0 saturated carbocycles. The van der Waals surface area contributed by atoms with Crippen LogP contribution in [0.2, 0.25) is 5.15 Å². The first kappa shape index (κ1) is 13.6. The van der Waals surface area contributed by atoms with Crippen LogP contribution in [0.3, 0.4) is 0 Å². The van der Waals surface area contributed by atoms with E-state index < -0.39 is 10.0 Å². The highest BCUT2D eigenvalue weighted by Gasteiger charge is 2.33. The Balaban J connectivity index is 1.99. The number of fused-ring (bicyclic) bond motifs is 1. The Bertz CT molecular complexity index is 724. The van der Waals surface area contributed by atoms with Crippen molar-refractivity contribution >= 4 is 21.6 Å². The van der Waals surface area contributed by atoms with Crippen LogP contribution >= 0.6 is 11.6 Å². The minimum atomic E-state index is -3.55. The second kappa shape index (κ2) is 4.87. The second-order valence-electron chi connectivity index (χ2n) is 4.73. The molecule has 1 unspecified atom stereocenters. The molecule has 2 aromatic rings. The summed E-state index contributed by atoms with van der Waals surface area (Å²) in [6, 6.07) is 6.68. The summed E-state index contributed by atoms with van der Waals surface area (Å²) in [5.41, 5.74) is 1.00. The van der Waals surface area contributed by atoms with Crippen LogP contribution in [-0.4, -0.2) is 28.8 Å².